The Kier molecular flexibility index (Phi) is 3.33. The summed E-state index contributed by atoms with van der Waals surface area (Å²) in [4.78, 5) is 7.81. The number of aromatic nitrogens is 1. The van der Waals surface area contributed by atoms with Gasteiger partial charge in [0.05, 0.1) is 11.7 Å². The normalized spacial score (nSPS) is 12.4. The van der Waals surface area contributed by atoms with Crippen LogP contribution in [-0.4, -0.2) is 12.0 Å². The molecular weight excluding hydrogens is 230 g/mol. The van der Waals surface area contributed by atoms with Crippen molar-refractivity contribution in [2.45, 2.75) is 19.9 Å². The van der Waals surface area contributed by atoms with Crippen molar-refractivity contribution in [2.75, 3.05) is 17.7 Å². The van der Waals surface area contributed by atoms with Crippen molar-refractivity contribution in [1.82, 2.24) is 4.98 Å². The molecule has 2 aromatic rings. The van der Waals surface area contributed by atoms with Crippen LogP contribution in [-0.2, 0) is 0 Å². The summed E-state index contributed by atoms with van der Waals surface area (Å²) >= 11 is 1.75. The van der Waals surface area contributed by atoms with Gasteiger partial charge in [0.25, 0.3) is 0 Å². The van der Waals surface area contributed by atoms with Crippen molar-refractivity contribution in [3.8, 4) is 0 Å². The average molecular weight is 247 g/mol. The second kappa shape index (κ2) is 4.75. The molecule has 2 heterocycles. The molecule has 0 saturated heterocycles. The number of nitrogens with two attached hydrogens (primary N) is 1. The van der Waals surface area contributed by atoms with Crippen molar-refractivity contribution < 1.29 is 0 Å². The van der Waals surface area contributed by atoms with E-state index < -0.39 is 0 Å². The molecule has 3 nitrogen and oxygen atoms in total. The van der Waals surface area contributed by atoms with E-state index in [-0.39, 0.29) is 6.04 Å². The monoisotopic (exact) mass is 247 g/mol. The SMILES string of the molecule is Cc1ccnc(N(C)C(C)c2cccs2)c1N. The molecule has 0 amide bonds. The number of nitrogens with zero attached hydrogens (tertiary/aromatic N) is 2. The first-order chi connectivity index (χ1) is 8.11. The summed E-state index contributed by atoms with van der Waals surface area (Å²) in [5.74, 6) is 0.853. The molecule has 0 aliphatic carbocycles. The lowest BCUT2D eigenvalue weighted by atomic mass is 10.2. The Labute approximate surface area is 106 Å². The Morgan fingerprint density at radius 3 is 2.82 bits per heavy atom. The van der Waals surface area contributed by atoms with Gasteiger partial charge in [0.2, 0.25) is 0 Å². The minimum atomic E-state index is 0.284. The lowest BCUT2D eigenvalue weighted by molar-refractivity contribution is 0.743. The Balaban J connectivity index is 2.31. The maximum Gasteiger partial charge on any atom is 0.152 e. The van der Waals surface area contributed by atoms with Gasteiger partial charge in [-0.3, -0.25) is 0 Å². The first-order valence-corrected chi connectivity index (χ1v) is 6.46. The van der Waals surface area contributed by atoms with Crippen molar-refractivity contribution in [3.63, 3.8) is 0 Å². The van der Waals surface area contributed by atoms with E-state index in [1.165, 1.54) is 4.88 Å². The van der Waals surface area contributed by atoms with Crippen molar-refractivity contribution >= 4 is 22.8 Å². The zero-order valence-corrected chi connectivity index (χ0v) is 11.2. The molecule has 4 heteroatoms. The van der Waals surface area contributed by atoms with E-state index in [1.54, 1.807) is 17.5 Å². The highest BCUT2D eigenvalue weighted by Gasteiger charge is 2.16. The van der Waals surface area contributed by atoms with Gasteiger partial charge in [-0.25, -0.2) is 4.98 Å². The molecule has 1 unspecified atom stereocenters. The summed E-state index contributed by atoms with van der Waals surface area (Å²) in [5.41, 5.74) is 7.91. The molecule has 0 aromatic carbocycles. The molecule has 2 N–H and O–H groups in total. The Morgan fingerprint density at radius 2 is 2.18 bits per heavy atom. The largest absolute Gasteiger partial charge is 0.396 e. The molecule has 0 saturated carbocycles. The van der Waals surface area contributed by atoms with Gasteiger partial charge in [0.1, 0.15) is 0 Å². The van der Waals surface area contributed by atoms with Gasteiger partial charge in [0.15, 0.2) is 5.82 Å². The third kappa shape index (κ3) is 2.26. The van der Waals surface area contributed by atoms with E-state index in [0.29, 0.717) is 0 Å². The first-order valence-electron chi connectivity index (χ1n) is 5.58. The molecule has 2 aromatic heterocycles. The number of hydrogen-bond donors (Lipinski definition) is 1. The molecule has 0 aliphatic rings. The van der Waals surface area contributed by atoms with E-state index in [1.807, 2.05) is 20.0 Å². The van der Waals surface area contributed by atoms with Crippen molar-refractivity contribution in [1.29, 1.82) is 0 Å². The first kappa shape index (κ1) is 11.9. The summed E-state index contributed by atoms with van der Waals surface area (Å²) in [6.45, 7) is 4.17. The van der Waals surface area contributed by atoms with Gasteiger partial charge in [-0.2, -0.15) is 0 Å². The lowest BCUT2D eigenvalue weighted by Gasteiger charge is -2.26. The number of anilines is 2. The van der Waals surface area contributed by atoms with E-state index in [4.69, 9.17) is 5.73 Å². The minimum absolute atomic E-state index is 0.284. The van der Waals surface area contributed by atoms with Crippen LogP contribution in [0, 0.1) is 6.92 Å². The van der Waals surface area contributed by atoms with Crippen LogP contribution in [0.3, 0.4) is 0 Å². The number of pyridine rings is 1. The summed E-state index contributed by atoms with van der Waals surface area (Å²) in [5, 5.41) is 2.09. The smallest absolute Gasteiger partial charge is 0.152 e. The number of hydrogen-bond acceptors (Lipinski definition) is 4. The van der Waals surface area contributed by atoms with Crippen LogP contribution in [0.15, 0.2) is 29.8 Å². The average Bonchev–Trinajstić information content (AvgIpc) is 2.84. The van der Waals surface area contributed by atoms with Gasteiger partial charge < -0.3 is 10.6 Å². The topological polar surface area (TPSA) is 42.2 Å². The maximum atomic E-state index is 6.07. The Bertz CT molecular complexity index is 493. The minimum Gasteiger partial charge on any atom is -0.396 e. The van der Waals surface area contributed by atoms with E-state index >= 15 is 0 Å². The summed E-state index contributed by atoms with van der Waals surface area (Å²) in [6.07, 6.45) is 1.80. The number of rotatable bonds is 3. The summed E-state index contributed by atoms with van der Waals surface area (Å²) < 4.78 is 0. The van der Waals surface area contributed by atoms with Crippen LogP contribution in [0.25, 0.3) is 0 Å². The highest BCUT2D eigenvalue weighted by atomic mass is 32.1. The fourth-order valence-electron chi connectivity index (χ4n) is 1.74. The molecule has 0 radical (unpaired) electrons. The highest BCUT2D eigenvalue weighted by molar-refractivity contribution is 7.10. The molecule has 0 aliphatic heterocycles. The Morgan fingerprint density at radius 1 is 1.41 bits per heavy atom. The second-order valence-corrected chi connectivity index (χ2v) is 5.15. The van der Waals surface area contributed by atoms with Gasteiger partial charge in [-0.1, -0.05) is 6.07 Å². The standard InChI is InChI=1S/C13H17N3S/c1-9-6-7-15-13(12(9)14)16(3)10(2)11-5-4-8-17-11/h4-8,10H,14H2,1-3H3. The predicted molar refractivity (Wildman–Crippen MR) is 74.5 cm³/mol. The zero-order valence-electron chi connectivity index (χ0n) is 10.3. The van der Waals surface area contributed by atoms with Gasteiger partial charge in [-0.15, -0.1) is 11.3 Å². The van der Waals surface area contributed by atoms with Crippen molar-refractivity contribution in [3.05, 3.63) is 40.2 Å². The zero-order chi connectivity index (χ0) is 12.4. The van der Waals surface area contributed by atoms with Crippen molar-refractivity contribution in [2.24, 2.45) is 0 Å². The molecule has 0 bridgehead atoms. The highest BCUT2D eigenvalue weighted by Crippen LogP contribution is 2.31. The van der Waals surface area contributed by atoms with Crippen LogP contribution in [0.1, 0.15) is 23.4 Å². The predicted octanol–water partition coefficient (Wildman–Crippen LogP) is 3.23. The molecule has 2 rings (SSSR count). The number of thiophene rings is 1. The Hall–Kier alpha value is -1.55. The number of nitrogen functional groups attached to an aromatic ring is 1. The lowest BCUT2D eigenvalue weighted by Crippen LogP contribution is -2.23. The van der Waals surface area contributed by atoms with E-state index in [0.717, 1.165) is 17.1 Å². The van der Waals surface area contributed by atoms with E-state index in [9.17, 15) is 0 Å². The van der Waals surface area contributed by atoms with Gasteiger partial charge in [0, 0.05) is 18.1 Å². The van der Waals surface area contributed by atoms with Crippen LogP contribution in [0.4, 0.5) is 11.5 Å². The fourth-order valence-corrected chi connectivity index (χ4v) is 2.57. The molecule has 0 fully saturated rings. The molecule has 1 atom stereocenters. The van der Waals surface area contributed by atoms with E-state index in [2.05, 4.69) is 34.3 Å². The van der Waals surface area contributed by atoms with Gasteiger partial charge in [-0.05, 0) is 36.9 Å². The maximum absolute atomic E-state index is 6.07. The fraction of sp³-hybridized carbons (Fsp3) is 0.308. The van der Waals surface area contributed by atoms with Gasteiger partial charge >= 0.3 is 0 Å². The quantitative estimate of drug-likeness (QED) is 0.905. The second-order valence-electron chi connectivity index (χ2n) is 4.17. The summed E-state index contributed by atoms with van der Waals surface area (Å²) in [7, 11) is 2.03. The van der Waals surface area contributed by atoms with Crippen LogP contribution < -0.4 is 10.6 Å². The molecule has 17 heavy (non-hydrogen) atoms. The van der Waals surface area contributed by atoms with Crippen LogP contribution in [0.2, 0.25) is 0 Å². The number of aryl methyl sites for hydroxylation is 1. The summed E-state index contributed by atoms with van der Waals surface area (Å²) in [6, 6.07) is 6.42. The molecule has 0 spiro atoms. The molecular formula is C13H17N3S. The third-order valence-electron chi connectivity index (χ3n) is 3.06. The third-order valence-corrected chi connectivity index (χ3v) is 4.10. The van der Waals surface area contributed by atoms with Crippen LogP contribution >= 0.6 is 11.3 Å². The van der Waals surface area contributed by atoms with Crippen LogP contribution in [0.5, 0.6) is 0 Å². The molecule has 90 valence electrons.